The van der Waals surface area contributed by atoms with Crippen LogP contribution in [0.25, 0.3) is 44.1 Å². The van der Waals surface area contributed by atoms with Gasteiger partial charge in [0.25, 0.3) is 0 Å². The minimum atomic E-state index is -0.489. The topological polar surface area (TPSA) is 197 Å². The molecular weight excluding hydrogens is 837 g/mol. The van der Waals surface area contributed by atoms with Crippen molar-refractivity contribution in [2.24, 2.45) is 25.9 Å². The van der Waals surface area contributed by atoms with Gasteiger partial charge in [0.05, 0.1) is 45.0 Å². The number of pyridine rings is 4. The Bertz CT molecular complexity index is 2840. The third kappa shape index (κ3) is 8.09. The lowest BCUT2D eigenvalue weighted by Crippen LogP contribution is -2.15. The van der Waals surface area contributed by atoms with Crippen LogP contribution in [-0.2, 0) is 23.7 Å². The van der Waals surface area contributed by atoms with Crippen LogP contribution in [0.1, 0.15) is 35.8 Å². The van der Waals surface area contributed by atoms with Crippen molar-refractivity contribution >= 4 is 79.8 Å². The summed E-state index contributed by atoms with van der Waals surface area (Å²) in [6.45, 7) is 0. The molecule has 6 heterocycles. The average molecular weight is 874 g/mol. The Kier molecular flexibility index (Phi) is 10.5. The molecule has 6 aromatic heterocycles. The highest BCUT2D eigenvalue weighted by Gasteiger charge is 2.45. The molecule has 2 aromatic carbocycles. The van der Waals surface area contributed by atoms with Gasteiger partial charge in [0.15, 0.2) is 0 Å². The van der Waals surface area contributed by atoms with E-state index in [1.807, 2.05) is 26.5 Å². The molecule has 0 aliphatic heterocycles. The zero-order valence-electron chi connectivity index (χ0n) is 33.0. The first-order chi connectivity index (χ1) is 29.8. The van der Waals surface area contributed by atoms with E-state index in [0.717, 1.165) is 24.0 Å². The number of anilines is 4. The number of rotatable bonds is 8. The van der Waals surface area contributed by atoms with Crippen molar-refractivity contribution in [2.75, 3.05) is 22.1 Å². The number of benzene rings is 2. The van der Waals surface area contributed by atoms with Crippen molar-refractivity contribution in [1.29, 1.82) is 0 Å². The number of carbonyl (C=O) groups excluding carboxylic acids is 2. The van der Waals surface area contributed by atoms with E-state index in [2.05, 4.69) is 40.8 Å². The monoisotopic (exact) mass is 872 g/mol. The summed E-state index contributed by atoms with van der Waals surface area (Å²) in [6.07, 6.45) is 12.1. The van der Waals surface area contributed by atoms with Crippen LogP contribution in [0.3, 0.4) is 0 Å². The van der Waals surface area contributed by atoms with Gasteiger partial charge >= 0.3 is 0 Å². The first-order valence-corrected chi connectivity index (χ1v) is 20.2. The van der Waals surface area contributed by atoms with Gasteiger partial charge in [-0.3, -0.25) is 19.0 Å². The van der Waals surface area contributed by atoms with Gasteiger partial charge in [0.2, 0.25) is 11.8 Å². The molecule has 62 heavy (non-hydrogen) atoms. The Labute approximate surface area is 362 Å². The molecule has 18 heteroatoms. The lowest BCUT2D eigenvalue weighted by molar-refractivity contribution is -0.118. The summed E-state index contributed by atoms with van der Waals surface area (Å²) in [6, 6.07) is 15.6. The van der Waals surface area contributed by atoms with E-state index in [1.54, 1.807) is 70.5 Å². The van der Waals surface area contributed by atoms with Gasteiger partial charge in [-0.15, -0.1) is 0 Å². The number of nitrogens with zero attached hydrogens (tertiary/aromatic N) is 8. The summed E-state index contributed by atoms with van der Waals surface area (Å²) in [4.78, 5) is 42.5. The fourth-order valence-electron chi connectivity index (χ4n) is 7.63. The maximum absolute atomic E-state index is 14.4. The Balaban J connectivity index is 0.000000158. The number of nitrogen functional groups attached to an aromatic ring is 2. The van der Waals surface area contributed by atoms with Gasteiger partial charge in [0, 0.05) is 61.5 Å². The van der Waals surface area contributed by atoms with Crippen LogP contribution in [0.5, 0.6) is 0 Å². The van der Waals surface area contributed by atoms with Gasteiger partial charge in [0.1, 0.15) is 34.9 Å². The second kappa shape index (κ2) is 16.1. The number of amides is 2. The van der Waals surface area contributed by atoms with E-state index in [1.165, 1.54) is 24.3 Å². The first-order valence-electron chi connectivity index (χ1n) is 19.4. The second-order valence-corrected chi connectivity index (χ2v) is 16.1. The SMILES string of the molecule is Cn1cc([C@@H]2C[C@H]2C(=O)Nc2cc3cc(-c4c(F)cccc4Cl)nc(N)c3cn2)cn1.Cn1cc([C@H]2C[C@@H]2C(=O)Nc2cc3cc(-c4c(F)cccc4Cl)nc(N)c3cn2)cn1. The summed E-state index contributed by atoms with van der Waals surface area (Å²) in [5.41, 5.74) is 15.3. The highest BCUT2D eigenvalue weighted by atomic mass is 35.5. The van der Waals surface area contributed by atoms with Crippen LogP contribution >= 0.6 is 23.2 Å². The van der Waals surface area contributed by atoms with Crippen LogP contribution in [0, 0.1) is 23.5 Å². The van der Waals surface area contributed by atoms with E-state index in [9.17, 15) is 18.4 Å². The van der Waals surface area contributed by atoms with Crippen LogP contribution in [-0.4, -0.2) is 51.3 Å². The molecule has 0 radical (unpaired) electrons. The number of hydrogen-bond donors (Lipinski definition) is 4. The fourth-order valence-corrected chi connectivity index (χ4v) is 8.15. The summed E-state index contributed by atoms with van der Waals surface area (Å²) < 4.78 is 32.2. The Hall–Kier alpha value is -7.04. The average Bonchev–Trinajstić information content (AvgIpc) is 4.13. The molecule has 2 saturated carbocycles. The lowest BCUT2D eigenvalue weighted by atomic mass is 10.1. The smallest absolute Gasteiger partial charge is 0.229 e. The summed E-state index contributed by atoms with van der Waals surface area (Å²) in [5, 5.41) is 17.1. The van der Waals surface area contributed by atoms with E-state index in [4.69, 9.17) is 34.7 Å². The molecule has 2 aliphatic rings. The second-order valence-electron chi connectivity index (χ2n) is 15.3. The third-order valence-electron chi connectivity index (χ3n) is 11.0. The molecule has 6 N–H and O–H groups in total. The van der Waals surface area contributed by atoms with E-state index < -0.39 is 11.6 Å². The third-order valence-corrected chi connectivity index (χ3v) is 11.6. The van der Waals surface area contributed by atoms with Crippen molar-refractivity contribution in [2.45, 2.75) is 24.7 Å². The molecule has 2 fully saturated rings. The number of fused-ring (bicyclic) bond motifs is 2. The quantitative estimate of drug-likeness (QED) is 0.115. The van der Waals surface area contributed by atoms with E-state index in [-0.39, 0.29) is 68.3 Å². The highest BCUT2D eigenvalue weighted by Crippen LogP contribution is 2.49. The Morgan fingerprint density at radius 2 is 1.08 bits per heavy atom. The molecule has 312 valence electrons. The number of aryl methyl sites for hydroxylation is 2. The molecule has 0 bridgehead atoms. The molecular formula is C44H36Cl2F2N12O2. The molecule has 10 rings (SSSR count). The predicted molar refractivity (Wildman–Crippen MR) is 234 cm³/mol. The lowest BCUT2D eigenvalue weighted by Gasteiger charge is -2.10. The minimum absolute atomic E-state index is 0.0971. The van der Waals surface area contributed by atoms with Gasteiger partial charge in [-0.1, -0.05) is 35.3 Å². The van der Waals surface area contributed by atoms with Gasteiger partial charge in [-0.2, -0.15) is 10.2 Å². The summed E-state index contributed by atoms with van der Waals surface area (Å²) in [7, 11) is 3.70. The van der Waals surface area contributed by atoms with Crippen molar-refractivity contribution in [1.82, 2.24) is 39.5 Å². The zero-order chi connectivity index (χ0) is 43.4. The molecule has 0 saturated heterocycles. The highest BCUT2D eigenvalue weighted by molar-refractivity contribution is 6.33. The largest absolute Gasteiger partial charge is 0.383 e. The number of nitrogens with two attached hydrogens (primary N) is 2. The van der Waals surface area contributed by atoms with Crippen molar-refractivity contribution in [3.8, 4) is 22.5 Å². The number of hydrogen-bond acceptors (Lipinski definition) is 10. The van der Waals surface area contributed by atoms with Crippen molar-refractivity contribution in [3.63, 3.8) is 0 Å². The number of aromatic nitrogens is 8. The van der Waals surface area contributed by atoms with Crippen LogP contribution in [0.15, 0.2) is 97.8 Å². The van der Waals surface area contributed by atoms with Crippen LogP contribution in [0.2, 0.25) is 10.0 Å². The van der Waals surface area contributed by atoms with Crippen molar-refractivity contribution < 1.29 is 18.4 Å². The molecule has 8 aromatic rings. The standard InChI is InChI=1S/2C22H18ClFN6O/c2*1-30-10-12(8-27-30)13-7-14(13)22(31)29-19-6-11-5-18(28-21(25)15(11)9-26-19)20-16(23)3-2-4-17(20)24/h2*2-6,8-10,13-14H,7H2,1H3,(H2,25,28)(H,26,29,31)/t2*13-,14+/m10/s1. The molecule has 4 atom stereocenters. The predicted octanol–water partition coefficient (Wildman–Crippen LogP) is 8.29. The molecule has 0 unspecified atom stereocenters. The number of halogens is 4. The first kappa shape index (κ1) is 40.4. The summed E-state index contributed by atoms with van der Waals surface area (Å²) in [5.74, 6) is 0.137. The maximum atomic E-state index is 14.4. The van der Waals surface area contributed by atoms with Gasteiger partial charge in [-0.05, 0) is 95.1 Å². The van der Waals surface area contributed by atoms with Crippen LogP contribution in [0.4, 0.5) is 32.1 Å². The minimum Gasteiger partial charge on any atom is -0.383 e. The molecule has 14 nitrogen and oxygen atoms in total. The van der Waals surface area contributed by atoms with Crippen molar-refractivity contribution in [3.05, 3.63) is 131 Å². The number of nitrogens with one attached hydrogen (secondary N) is 2. The van der Waals surface area contributed by atoms with Crippen LogP contribution < -0.4 is 22.1 Å². The molecule has 2 amide bonds. The number of carbonyl (C=O) groups is 2. The maximum Gasteiger partial charge on any atom is 0.229 e. The molecule has 0 spiro atoms. The van der Waals surface area contributed by atoms with Gasteiger partial charge in [-0.25, -0.2) is 28.7 Å². The Morgan fingerprint density at radius 1 is 0.661 bits per heavy atom. The summed E-state index contributed by atoms with van der Waals surface area (Å²) >= 11 is 12.4. The van der Waals surface area contributed by atoms with E-state index >= 15 is 0 Å². The van der Waals surface area contributed by atoms with Gasteiger partial charge < -0.3 is 22.1 Å². The normalized spacial score (nSPS) is 17.6. The Morgan fingerprint density at radius 3 is 1.45 bits per heavy atom. The fraction of sp³-hybridized carbons (Fsp3) is 0.182. The molecule has 2 aliphatic carbocycles. The zero-order valence-corrected chi connectivity index (χ0v) is 34.5. The van der Waals surface area contributed by atoms with E-state index in [0.29, 0.717) is 44.6 Å².